The zero-order chi connectivity index (χ0) is 11.7. The molecule has 1 heterocycles. The third kappa shape index (κ3) is 3.02. The van der Waals surface area contributed by atoms with Crippen LogP contribution in [-0.4, -0.2) is 10.8 Å². The van der Waals surface area contributed by atoms with Crippen LogP contribution in [0, 0.1) is 5.41 Å². The Morgan fingerprint density at radius 1 is 1.33 bits per heavy atom. The second kappa shape index (κ2) is 3.93. The highest BCUT2D eigenvalue weighted by molar-refractivity contribution is 7.09. The Morgan fingerprint density at radius 3 is 2.33 bits per heavy atom. The van der Waals surface area contributed by atoms with Gasteiger partial charge in [0.1, 0.15) is 16.4 Å². The molecule has 1 aromatic heterocycles. The van der Waals surface area contributed by atoms with Crippen molar-refractivity contribution in [3.05, 3.63) is 16.6 Å². The molecule has 0 radical (unpaired) electrons. The highest BCUT2D eigenvalue weighted by Crippen LogP contribution is 2.28. The van der Waals surface area contributed by atoms with E-state index in [1.807, 2.05) is 19.2 Å². The Labute approximate surface area is 95.4 Å². The number of thiazole rings is 1. The maximum atomic E-state index is 5.97. The van der Waals surface area contributed by atoms with E-state index in [2.05, 4.69) is 30.7 Å². The molecule has 15 heavy (non-hydrogen) atoms. The molecule has 0 amide bonds. The van der Waals surface area contributed by atoms with Crippen LogP contribution in [0.2, 0.25) is 0 Å². The zero-order valence-electron chi connectivity index (χ0n) is 10.0. The predicted molar refractivity (Wildman–Crippen MR) is 66.2 cm³/mol. The number of nitrogens with two attached hydrogens (primary N) is 1. The van der Waals surface area contributed by atoms with Gasteiger partial charge in [0, 0.05) is 17.0 Å². The first-order valence-electron chi connectivity index (χ1n) is 4.99. The molecule has 0 aliphatic carbocycles. The summed E-state index contributed by atoms with van der Waals surface area (Å²) in [5.41, 5.74) is 5.55. The Kier molecular flexibility index (Phi) is 3.19. The van der Waals surface area contributed by atoms with Gasteiger partial charge in [0.05, 0.1) is 0 Å². The normalized spacial score (nSPS) is 14.3. The summed E-state index contributed by atoms with van der Waals surface area (Å²) in [6.45, 7) is 10.2. The molecule has 0 saturated carbocycles. The molecule has 0 saturated heterocycles. The average molecular weight is 225 g/mol. The van der Waals surface area contributed by atoms with Gasteiger partial charge in [-0.15, -0.1) is 11.3 Å². The molecule has 1 aromatic rings. The van der Waals surface area contributed by atoms with Gasteiger partial charge in [-0.2, -0.15) is 0 Å². The summed E-state index contributed by atoms with van der Waals surface area (Å²) >= 11 is 1.61. The zero-order valence-corrected chi connectivity index (χ0v) is 10.9. The smallest absolute Gasteiger partial charge is 0.120 e. The van der Waals surface area contributed by atoms with Crippen LogP contribution in [0.1, 0.15) is 39.6 Å². The summed E-state index contributed by atoms with van der Waals surface area (Å²) in [6.07, 6.45) is 1.80. The number of hydrogen-bond donors (Lipinski definition) is 1. The number of aliphatic imine (C=N–C) groups is 1. The minimum atomic E-state index is -0.328. The van der Waals surface area contributed by atoms with E-state index < -0.39 is 0 Å². The fourth-order valence-electron chi connectivity index (χ4n) is 1.04. The molecular weight excluding hydrogens is 206 g/mol. The largest absolute Gasteiger partial charge is 0.387 e. The van der Waals surface area contributed by atoms with Gasteiger partial charge in [-0.05, 0) is 13.8 Å². The SMILES string of the molecule is CC(C)(C)C(N)=NC(C)(C)c1nccs1. The number of nitrogens with zero attached hydrogens (tertiary/aromatic N) is 2. The van der Waals surface area contributed by atoms with Crippen molar-refractivity contribution in [2.45, 2.75) is 40.2 Å². The summed E-state index contributed by atoms with van der Waals surface area (Å²) in [7, 11) is 0. The Hall–Kier alpha value is -0.900. The molecule has 0 atom stereocenters. The molecule has 2 N–H and O–H groups in total. The summed E-state index contributed by atoms with van der Waals surface area (Å²) in [4.78, 5) is 8.84. The van der Waals surface area contributed by atoms with Crippen molar-refractivity contribution in [1.29, 1.82) is 0 Å². The Bertz CT molecular complexity index is 344. The highest BCUT2D eigenvalue weighted by atomic mass is 32.1. The van der Waals surface area contributed by atoms with Crippen molar-refractivity contribution in [2.75, 3.05) is 0 Å². The van der Waals surface area contributed by atoms with Gasteiger partial charge < -0.3 is 5.73 Å². The molecule has 0 aliphatic rings. The maximum absolute atomic E-state index is 5.97. The van der Waals surface area contributed by atoms with Crippen LogP contribution >= 0.6 is 11.3 Å². The molecule has 0 bridgehead atoms. The fourth-order valence-corrected chi connectivity index (χ4v) is 1.75. The van der Waals surface area contributed by atoms with E-state index in [9.17, 15) is 0 Å². The third-order valence-electron chi connectivity index (χ3n) is 2.12. The van der Waals surface area contributed by atoms with E-state index in [0.29, 0.717) is 5.84 Å². The van der Waals surface area contributed by atoms with Crippen LogP contribution in [0.5, 0.6) is 0 Å². The lowest BCUT2D eigenvalue weighted by atomic mass is 9.94. The van der Waals surface area contributed by atoms with Crippen LogP contribution in [-0.2, 0) is 5.54 Å². The van der Waals surface area contributed by atoms with Gasteiger partial charge in [-0.25, -0.2) is 4.98 Å². The minimum Gasteiger partial charge on any atom is -0.387 e. The molecule has 84 valence electrons. The lowest BCUT2D eigenvalue weighted by Crippen LogP contribution is -2.32. The number of hydrogen-bond acceptors (Lipinski definition) is 3. The van der Waals surface area contributed by atoms with E-state index in [0.717, 1.165) is 5.01 Å². The molecule has 0 unspecified atom stereocenters. The predicted octanol–water partition coefficient (Wildman–Crippen LogP) is 2.78. The minimum absolute atomic E-state index is 0.0888. The second-order valence-electron chi connectivity index (χ2n) is 5.14. The molecule has 4 heteroatoms. The molecular formula is C11H19N3S. The third-order valence-corrected chi connectivity index (χ3v) is 3.21. The maximum Gasteiger partial charge on any atom is 0.120 e. The van der Waals surface area contributed by atoms with E-state index >= 15 is 0 Å². The molecule has 3 nitrogen and oxygen atoms in total. The summed E-state index contributed by atoms with van der Waals surface area (Å²) in [5.74, 6) is 0.669. The fraction of sp³-hybridized carbons (Fsp3) is 0.636. The number of amidine groups is 1. The topological polar surface area (TPSA) is 51.3 Å². The first-order chi connectivity index (χ1) is 6.73. The first kappa shape index (κ1) is 12.2. The van der Waals surface area contributed by atoms with Crippen LogP contribution in [0.4, 0.5) is 0 Å². The van der Waals surface area contributed by atoms with Gasteiger partial charge >= 0.3 is 0 Å². The van der Waals surface area contributed by atoms with Crippen molar-refractivity contribution in [3.63, 3.8) is 0 Å². The van der Waals surface area contributed by atoms with Crippen LogP contribution in [0.15, 0.2) is 16.6 Å². The van der Waals surface area contributed by atoms with Crippen molar-refractivity contribution in [2.24, 2.45) is 16.1 Å². The molecule has 0 aromatic carbocycles. The monoisotopic (exact) mass is 225 g/mol. The van der Waals surface area contributed by atoms with Crippen LogP contribution in [0.3, 0.4) is 0 Å². The van der Waals surface area contributed by atoms with Crippen LogP contribution < -0.4 is 5.73 Å². The van der Waals surface area contributed by atoms with Gasteiger partial charge in [0.15, 0.2) is 0 Å². The summed E-state index contributed by atoms with van der Waals surface area (Å²) in [5, 5.41) is 2.95. The van der Waals surface area contributed by atoms with E-state index in [1.165, 1.54) is 0 Å². The average Bonchev–Trinajstić information content (AvgIpc) is 2.52. The quantitative estimate of drug-likeness (QED) is 0.621. The Morgan fingerprint density at radius 2 is 1.93 bits per heavy atom. The lowest BCUT2D eigenvalue weighted by Gasteiger charge is -2.23. The molecule has 0 aliphatic heterocycles. The van der Waals surface area contributed by atoms with Gasteiger partial charge in [-0.1, -0.05) is 20.8 Å². The second-order valence-corrected chi connectivity index (χ2v) is 6.04. The van der Waals surface area contributed by atoms with Gasteiger partial charge in [0.25, 0.3) is 0 Å². The van der Waals surface area contributed by atoms with Gasteiger partial charge in [0.2, 0.25) is 0 Å². The van der Waals surface area contributed by atoms with Crippen LogP contribution in [0.25, 0.3) is 0 Å². The standard InChI is InChI=1S/C11H19N3S/c1-10(2,3)8(12)14-11(4,5)9-13-6-7-15-9/h6-7H,1-5H3,(H2,12,14). The van der Waals surface area contributed by atoms with Crippen molar-refractivity contribution >= 4 is 17.2 Å². The van der Waals surface area contributed by atoms with Crippen molar-refractivity contribution in [3.8, 4) is 0 Å². The van der Waals surface area contributed by atoms with Crippen molar-refractivity contribution in [1.82, 2.24) is 4.98 Å². The number of rotatable bonds is 2. The molecule has 0 spiro atoms. The first-order valence-corrected chi connectivity index (χ1v) is 5.87. The summed E-state index contributed by atoms with van der Waals surface area (Å²) < 4.78 is 0. The van der Waals surface area contributed by atoms with E-state index in [1.54, 1.807) is 17.5 Å². The highest BCUT2D eigenvalue weighted by Gasteiger charge is 2.25. The Balaban J connectivity index is 2.99. The van der Waals surface area contributed by atoms with Gasteiger partial charge in [-0.3, -0.25) is 4.99 Å². The lowest BCUT2D eigenvalue weighted by molar-refractivity contribution is 0.518. The van der Waals surface area contributed by atoms with Crippen molar-refractivity contribution < 1.29 is 0 Å². The molecule has 1 rings (SSSR count). The number of aromatic nitrogens is 1. The van der Waals surface area contributed by atoms with E-state index in [-0.39, 0.29) is 11.0 Å². The molecule has 0 fully saturated rings. The van der Waals surface area contributed by atoms with E-state index in [4.69, 9.17) is 5.73 Å². The summed E-state index contributed by atoms with van der Waals surface area (Å²) in [6, 6.07) is 0.